The molecule has 2 aromatic carbocycles. The minimum absolute atomic E-state index is 0.0551. The number of hydrogen-bond donors (Lipinski definition) is 2. The van der Waals surface area contributed by atoms with Crippen LogP contribution in [-0.2, 0) is 0 Å². The Kier molecular flexibility index (Phi) is 5.84. The maximum Gasteiger partial charge on any atom is 0.336 e. The van der Waals surface area contributed by atoms with Crippen LogP contribution in [0.25, 0.3) is 11.0 Å². The first-order chi connectivity index (χ1) is 13.4. The average molecular weight is 398 g/mol. The number of aryl methyl sites for hydroxylation is 1. The summed E-state index contributed by atoms with van der Waals surface area (Å²) in [6.07, 6.45) is 0. The van der Waals surface area contributed by atoms with Crippen molar-refractivity contribution in [3.8, 4) is 11.5 Å². The highest BCUT2D eigenvalue weighted by molar-refractivity contribution is 7.80. The van der Waals surface area contributed by atoms with Crippen LogP contribution in [0.15, 0.2) is 51.7 Å². The smallest absolute Gasteiger partial charge is 0.336 e. The number of rotatable bonds is 5. The van der Waals surface area contributed by atoms with E-state index in [1.807, 2.05) is 44.2 Å². The van der Waals surface area contributed by atoms with E-state index in [9.17, 15) is 4.79 Å². The Morgan fingerprint density at radius 3 is 2.54 bits per heavy atom. The number of anilines is 1. The van der Waals surface area contributed by atoms with Crippen molar-refractivity contribution in [2.45, 2.75) is 19.9 Å². The van der Waals surface area contributed by atoms with Gasteiger partial charge in [-0.3, -0.25) is 0 Å². The van der Waals surface area contributed by atoms with Crippen molar-refractivity contribution in [3.63, 3.8) is 0 Å². The molecule has 1 atom stereocenters. The second-order valence-corrected chi connectivity index (χ2v) is 6.80. The van der Waals surface area contributed by atoms with Gasteiger partial charge in [-0.1, -0.05) is 6.07 Å². The molecule has 0 saturated carbocycles. The molecule has 0 bridgehead atoms. The molecule has 7 heteroatoms. The summed E-state index contributed by atoms with van der Waals surface area (Å²) >= 11 is 5.43. The van der Waals surface area contributed by atoms with Gasteiger partial charge in [0.25, 0.3) is 0 Å². The summed E-state index contributed by atoms with van der Waals surface area (Å²) in [6.45, 7) is 3.88. The molecule has 0 unspecified atom stereocenters. The SMILES string of the molecule is COc1ccc([C@H](C)NC(=S)Nc2ccc3c(C)cc(=O)oc3c2)cc1OC. The molecule has 2 N–H and O–H groups in total. The molecular formula is C21H22N2O4S. The van der Waals surface area contributed by atoms with Gasteiger partial charge >= 0.3 is 5.63 Å². The molecule has 0 aliphatic carbocycles. The van der Waals surface area contributed by atoms with Crippen LogP contribution in [0.1, 0.15) is 24.1 Å². The van der Waals surface area contributed by atoms with E-state index in [0.29, 0.717) is 22.2 Å². The number of fused-ring (bicyclic) bond motifs is 1. The largest absolute Gasteiger partial charge is 0.493 e. The molecule has 0 fully saturated rings. The lowest BCUT2D eigenvalue weighted by molar-refractivity contribution is 0.354. The number of hydrogen-bond acceptors (Lipinski definition) is 5. The van der Waals surface area contributed by atoms with Gasteiger partial charge in [-0.05, 0) is 61.5 Å². The molecule has 1 heterocycles. The van der Waals surface area contributed by atoms with E-state index in [-0.39, 0.29) is 11.7 Å². The third kappa shape index (κ3) is 4.26. The van der Waals surface area contributed by atoms with E-state index in [0.717, 1.165) is 22.2 Å². The van der Waals surface area contributed by atoms with Crippen molar-refractivity contribution in [3.05, 3.63) is 64.0 Å². The summed E-state index contributed by atoms with van der Waals surface area (Å²) in [4.78, 5) is 11.6. The van der Waals surface area contributed by atoms with Crippen molar-refractivity contribution < 1.29 is 13.9 Å². The van der Waals surface area contributed by atoms with E-state index in [2.05, 4.69) is 10.6 Å². The molecule has 3 rings (SSSR count). The second-order valence-electron chi connectivity index (χ2n) is 6.39. The summed E-state index contributed by atoms with van der Waals surface area (Å²) < 4.78 is 15.9. The quantitative estimate of drug-likeness (QED) is 0.494. The molecule has 28 heavy (non-hydrogen) atoms. The first-order valence-electron chi connectivity index (χ1n) is 8.75. The highest BCUT2D eigenvalue weighted by atomic mass is 32.1. The van der Waals surface area contributed by atoms with E-state index in [4.69, 9.17) is 26.1 Å². The van der Waals surface area contributed by atoms with Gasteiger partial charge in [-0.2, -0.15) is 0 Å². The fraction of sp³-hybridized carbons (Fsp3) is 0.238. The molecule has 0 spiro atoms. The van der Waals surface area contributed by atoms with Crippen molar-refractivity contribution in [1.82, 2.24) is 5.32 Å². The zero-order valence-electron chi connectivity index (χ0n) is 16.2. The topological polar surface area (TPSA) is 72.7 Å². The van der Waals surface area contributed by atoms with E-state index >= 15 is 0 Å². The number of nitrogens with one attached hydrogen (secondary N) is 2. The maximum atomic E-state index is 11.6. The molecule has 0 aliphatic rings. The molecule has 0 saturated heterocycles. The van der Waals surface area contributed by atoms with Gasteiger partial charge in [0.1, 0.15) is 5.58 Å². The third-order valence-electron chi connectivity index (χ3n) is 4.46. The lowest BCUT2D eigenvalue weighted by atomic mass is 10.1. The summed E-state index contributed by atoms with van der Waals surface area (Å²) in [5.41, 5.74) is 2.76. The van der Waals surface area contributed by atoms with Gasteiger partial charge in [0.2, 0.25) is 0 Å². The van der Waals surface area contributed by atoms with Gasteiger partial charge in [0.05, 0.1) is 20.3 Å². The zero-order chi connectivity index (χ0) is 20.3. The van der Waals surface area contributed by atoms with Gasteiger partial charge in [-0.25, -0.2) is 4.79 Å². The predicted octanol–water partition coefficient (Wildman–Crippen LogP) is 4.17. The van der Waals surface area contributed by atoms with Crippen LogP contribution in [0.5, 0.6) is 11.5 Å². The monoisotopic (exact) mass is 398 g/mol. The normalized spacial score (nSPS) is 11.7. The Morgan fingerprint density at radius 2 is 1.82 bits per heavy atom. The highest BCUT2D eigenvalue weighted by Crippen LogP contribution is 2.30. The van der Waals surface area contributed by atoms with E-state index < -0.39 is 0 Å². The minimum atomic E-state index is -0.370. The number of methoxy groups -OCH3 is 2. The lowest BCUT2D eigenvalue weighted by Gasteiger charge is -2.19. The minimum Gasteiger partial charge on any atom is -0.493 e. The Bertz CT molecular complexity index is 1080. The Hall–Kier alpha value is -3.06. The zero-order valence-corrected chi connectivity index (χ0v) is 17.0. The molecule has 1 aromatic heterocycles. The number of thiocarbonyl (C=S) groups is 1. The van der Waals surface area contributed by atoms with Crippen molar-refractivity contribution in [2.24, 2.45) is 0 Å². The van der Waals surface area contributed by atoms with Crippen LogP contribution < -0.4 is 25.7 Å². The van der Waals surface area contributed by atoms with Gasteiger partial charge in [0, 0.05) is 23.2 Å². The fourth-order valence-electron chi connectivity index (χ4n) is 2.97. The van der Waals surface area contributed by atoms with E-state index in [1.165, 1.54) is 6.07 Å². The Morgan fingerprint density at radius 1 is 1.07 bits per heavy atom. The highest BCUT2D eigenvalue weighted by Gasteiger charge is 2.12. The van der Waals surface area contributed by atoms with Crippen LogP contribution in [0.3, 0.4) is 0 Å². The van der Waals surface area contributed by atoms with Crippen LogP contribution in [0.4, 0.5) is 5.69 Å². The third-order valence-corrected chi connectivity index (χ3v) is 4.68. The second kappa shape index (κ2) is 8.31. The Balaban J connectivity index is 1.73. The summed E-state index contributed by atoms with van der Waals surface area (Å²) in [7, 11) is 3.21. The van der Waals surface area contributed by atoms with Gasteiger partial charge in [-0.15, -0.1) is 0 Å². The number of benzene rings is 2. The lowest BCUT2D eigenvalue weighted by Crippen LogP contribution is -2.30. The van der Waals surface area contributed by atoms with Crippen LogP contribution in [0, 0.1) is 6.92 Å². The summed E-state index contributed by atoms with van der Waals surface area (Å²) in [6, 6.07) is 12.7. The van der Waals surface area contributed by atoms with Crippen LogP contribution in [0.2, 0.25) is 0 Å². The molecular weight excluding hydrogens is 376 g/mol. The van der Waals surface area contributed by atoms with Gasteiger partial charge < -0.3 is 24.5 Å². The molecule has 0 radical (unpaired) electrons. The van der Waals surface area contributed by atoms with Gasteiger partial charge in [0.15, 0.2) is 16.6 Å². The van der Waals surface area contributed by atoms with Crippen LogP contribution in [-0.4, -0.2) is 19.3 Å². The number of ether oxygens (including phenoxy) is 2. The standard InChI is InChI=1S/C21H22N2O4S/c1-12-9-20(24)27-18-11-15(6-7-16(12)18)23-21(28)22-13(2)14-5-8-17(25-3)19(10-14)26-4/h5-11,13H,1-4H3,(H2,22,23,28)/t13-/m0/s1. The molecule has 6 nitrogen and oxygen atoms in total. The molecule has 3 aromatic rings. The fourth-order valence-corrected chi connectivity index (χ4v) is 3.27. The summed E-state index contributed by atoms with van der Waals surface area (Å²) in [5.74, 6) is 1.33. The maximum absolute atomic E-state index is 11.6. The van der Waals surface area contributed by atoms with Crippen molar-refractivity contribution in [1.29, 1.82) is 0 Å². The first-order valence-corrected chi connectivity index (χ1v) is 9.16. The predicted molar refractivity (Wildman–Crippen MR) is 115 cm³/mol. The molecule has 0 aliphatic heterocycles. The van der Waals surface area contributed by atoms with Crippen molar-refractivity contribution in [2.75, 3.05) is 19.5 Å². The average Bonchev–Trinajstić information content (AvgIpc) is 2.66. The summed E-state index contributed by atoms with van der Waals surface area (Å²) in [5, 5.41) is 7.71. The van der Waals surface area contributed by atoms with Crippen molar-refractivity contribution >= 4 is 34.0 Å². The van der Waals surface area contributed by atoms with E-state index in [1.54, 1.807) is 20.3 Å². The molecule has 0 amide bonds. The Labute approximate surface area is 168 Å². The first kappa shape index (κ1) is 19.7. The van der Waals surface area contributed by atoms with Crippen LogP contribution >= 0.6 is 12.2 Å². The molecule has 146 valence electrons.